The smallest absolute Gasteiger partial charge is 0.132 e. The average molecular weight is 299 g/mol. The Morgan fingerprint density at radius 2 is 2.29 bits per heavy atom. The highest BCUT2D eigenvalue weighted by molar-refractivity contribution is 9.10. The lowest BCUT2D eigenvalue weighted by Gasteiger charge is -2.12. The number of hydrogen-bond donors (Lipinski definition) is 1. The van der Waals surface area contributed by atoms with Crippen LogP contribution in [0.4, 0.5) is 0 Å². The second-order valence-electron chi connectivity index (χ2n) is 3.64. The van der Waals surface area contributed by atoms with E-state index in [1.165, 1.54) is 0 Å². The largest absolute Gasteiger partial charge is 0.490 e. The van der Waals surface area contributed by atoms with Crippen LogP contribution in [0.25, 0.3) is 0 Å². The van der Waals surface area contributed by atoms with Crippen LogP contribution in [-0.2, 0) is 4.74 Å². The van der Waals surface area contributed by atoms with Crippen molar-refractivity contribution >= 4 is 21.8 Å². The summed E-state index contributed by atoms with van der Waals surface area (Å²) in [6.45, 7) is 2.83. The van der Waals surface area contributed by atoms with Crippen LogP contribution in [-0.4, -0.2) is 39.2 Å². The summed E-state index contributed by atoms with van der Waals surface area (Å²) in [4.78, 5) is 4.41. The van der Waals surface area contributed by atoms with Crippen LogP contribution < -0.4 is 10.1 Å². The number of aliphatic imine (C=N–C) groups is 1. The molecule has 0 atom stereocenters. The van der Waals surface area contributed by atoms with Gasteiger partial charge in [-0.1, -0.05) is 15.9 Å². The molecule has 0 unspecified atom stereocenters. The van der Waals surface area contributed by atoms with Gasteiger partial charge < -0.3 is 14.8 Å². The zero-order valence-corrected chi connectivity index (χ0v) is 11.3. The van der Waals surface area contributed by atoms with E-state index in [1.807, 2.05) is 18.2 Å². The number of nitrogens with zero attached hydrogens (tertiary/aromatic N) is 1. The molecule has 0 radical (unpaired) electrons. The Morgan fingerprint density at radius 3 is 3.00 bits per heavy atom. The minimum atomic E-state index is 0.540. The summed E-state index contributed by atoms with van der Waals surface area (Å²) in [7, 11) is 1.66. The van der Waals surface area contributed by atoms with Crippen molar-refractivity contribution in [2.75, 3.05) is 33.4 Å². The van der Waals surface area contributed by atoms with Crippen molar-refractivity contribution in [2.45, 2.75) is 0 Å². The molecule has 0 bridgehead atoms. The van der Waals surface area contributed by atoms with Crippen molar-refractivity contribution in [1.82, 2.24) is 5.32 Å². The fourth-order valence-electron chi connectivity index (χ4n) is 1.63. The average Bonchev–Trinajstić information content (AvgIpc) is 2.85. The van der Waals surface area contributed by atoms with E-state index >= 15 is 0 Å². The van der Waals surface area contributed by atoms with Gasteiger partial charge in [-0.05, 0) is 18.2 Å². The molecule has 0 amide bonds. The van der Waals surface area contributed by atoms with E-state index in [9.17, 15) is 0 Å². The lowest BCUT2D eigenvalue weighted by molar-refractivity contribution is 0.146. The van der Waals surface area contributed by atoms with Gasteiger partial charge in [0.25, 0.3) is 0 Å². The maximum absolute atomic E-state index is 5.68. The lowest BCUT2D eigenvalue weighted by atomic mass is 10.2. The maximum atomic E-state index is 5.68. The highest BCUT2D eigenvalue weighted by atomic mass is 79.9. The molecule has 1 aliphatic heterocycles. The fraction of sp³-hybridized carbons (Fsp3) is 0.417. The molecule has 0 aliphatic carbocycles. The summed E-state index contributed by atoms with van der Waals surface area (Å²) in [6, 6.07) is 5.91. The monoisotopic (exact) mass is 298 g/mol. The quantitative estimate of drug-likeness (QED) is 0.844. The second kappa shape index (κ2) is 6.02. The molecule has 0 saturated heterocycles. The molecule has 0 fully saturated rings. The summed E-state index contributed by atoms with van der Waals surface area (Å²) in [5, 5.41) is 3.25. The molecule has 1 aliphatic rings. The Labute approximate surface area is 109 Å². The standard InChI is InChI=1S/C12H15BrN2O2/c1-16-6-7-17-11-3-2-9(13)8-10(11)12-14-4-5-15-12/h2-3,8H,4-7H2,1H3,(H,14,15). The molecule has 1 aromatic carbocycles. The molecule has 5 heteroatoms. The number of nitrogens with one attached hydrogen (secondary N) is 1. The molecular weight excluding hydrogens is 284 g/mol. The third-order valence-corrected chi connectivity index (χ3v) is 2.91. The van der Waals surface area contributed by atoms with Gasteiger partial charge >= 0.3 is 0 Å². The highest BCUT2D eigenvalue weighted by Gasteiger charge is 2.14. The van der Waals surface area contributed by atoms with Crippen molar-refractivity contribution in [3.63, 3.8) is 0 Å². The maximum Gasteiger partial charge on any atom is 0.132 e. The molecule has 1 heterocycles. The number of benzene rings is 1. The number of hydrogen-bond acceptors (Lipinski definition) is 4. The first kappa shape index (κ1) is 12.4. The van der Waals surface area contributed by atoms with E-state index in [-0.39, 0.29) is 0 Å². The van der Waals surface area contributed by atoms with Gasteiger partial charge in [0.1, 0.15) is 18.2 Å². The zero-order valence-electron chi connectivity index (χ0n) is 9.70. The van der Waals surface area contributed by atoms with Crippen molar-refractivity contribution < 1.29 is 9.47 Å². The van der Waals surface area contributed by atoms with E-state index in [2.05, 4.69) is 26.2 Å². The van der Waals surface area contributed by atoms with Crippen molar-refractivity contribution in [2.24, 2.45) is 4.99 Å². The molecule has 0 spiro atoms. The fourth-order valence-corrected chi connectivity index (χ4v) is 1.99. The van der Waals surface area contributed by atoms with Crippen molar-refractivity contribution in [3.05, 3.63) is 28.2 Å². The van der Waals surface area contributed by atoms with Crippen LogP contribution >= 0.6 is 15.9 Å². The minimum absolute atomic E-state index is 0.540. The Balaban J connectivity index is 2.18. The van der Waals surface area contributed by atoms with Crippen LogP contribution in [0.5, 0.6) is 5.75 Å². The molecule has 1 N–H and O–H groups in total. The molecule has 0 saturated carbocycles. The van der Waals surface area contributed by atoms with Gasteiger partial charge in [0.05, 0.1) is 18.7 Å². The van der Waals surface area contributed by atoms with Crippen LogP contribution in [0.3, 0.4) is 0 Å². The van der Waals surface area contributed by atoms with Crippen molar-refractivity contribution in [3.8, 4) is 5.75 Å². The third-order valence-electron chi connectivity index (χ3n) is 2.42. The molecule has 2 rings (SSSR count). The number of ether oxygens (including phenoxy) is 2. The number of methoxy groups -OCH3 is 1. The van der Waals surface area contributed by atoms with Gasteiger partial charge in [0.15, 0.2) is 0 Å². The van der Waals surface area contributed by atoms with Gasteiger partial charge in [-0.2, -0.15) is 0 Å². The van der Waals surface area contributed by atoms with Crippen LogP contribution in [0.2, 0.25) is 0 Å². The van der Waals surface area contributed by atoms with Crippen LogP contribution in [0.1, 0.15) is 5.56 Å². The number of halogens is 1. The Bertz CT molecular complexity index is 421. The normalized spacial score (nSPS) is 14.4. The SMILES string of the molecule is COCCOc1ccc(Br)cc1C1=NCCN1. The number of rotatable bonds is 5. The van der Waals surface area contributed by atoms with Gasteiger partial charge in [-0.3, -0.25) is 4.99 Å². The third kappa shape index (κ3) is 3.20. The van der Waals surface area contributed by atoms with E-state index in [4.69, 9.17) is 9.47 Å². The van der Waals surface area contributed by atoms with Gasteiger partial charge in [-0.25, -0.2) is 0 Å². The van der Waals surface area contributed by atoms with Crippen LogP contribution in [0, 0.1) is 0 Å². The van der Waals surface area contributed by atoms with E-state index in [0.29, 0.717) is 13.2 Å². The van der Waals surface area contributed by atoms with Gasteiger partial charge in [-0.15, -0.1) is 0 Å². The first-order valence-electron chi connectivity index (χ1n) is 5.51. The molecule has 0 aromatic heterocycles. The first-order chi connectivity index (χ1) is 8.31. The summed E-state index contributed by atoms with van der Waals surface area (Å²) in [6.07, 6.45) is 0. The predicted octanol–water partition coefficient (Wildman–Crippen LogP) is 1.82. The highest BCUT2D eigenvalue weighted by Crippen LogP contribution is 2.24. The summed E-state index contributed by atoms with van der Waals surface area (Å²) in [5.41, 5.74) is 0.993. The van der Waals surface area contributed by atoms with E-state index < -0.39 is 0 Å². The van der Waals surface area contributed by atoms with E-state index in [0.717, 1.165) is 34.7 Å². The molecule has 92 valence electrons. The summed E-state index contributed by atoms with van der Waals surface area (Å²) < 4.78 is 11.7. The van der Waals surface area contributed by atoms with Gasteiger partial charge in [0, 0.05) is 18.1 Å². The summed E-state index contributed by atoms with van der Waals surface area (Å²) >= 11 is 3.46. The zero-order chi connectivity index (χ0) is 12.1. The first-order valence-corrected chi connectivity index (χ1v) is 6.30. The molecular formula is C12H15BrN2O2. The van der Waals surface area contributed by atoms with E-state index in [1.54, 1.807) is 7.11 Å². The molecule has 17 heavy (non-hydrogen) atoms. The number of amidine groups is 1. The van der Waals surface area contributed by atoms with Crippen LogP contribution in [0.15, 0.2) is 27.7 Å². The predicted molar refractivity (Wildman–Crippen MR) is 70.9 cm³/mol. The summed E-state index contributed by atoms with van der Waals surface area (Å²) in [5.74, 6) is 1.73. The molecule has 4 nitrogen and oxygen atoms in total. The lowest BCUT2D eigenvalue weighted by Crippen LogP contribution is -2.20. The Morgan fingerprint density at radius 1 is 1.41 bits per heavy atom. The van der Waals surface area contributed by atoms with Crippen molar-refractivity contribution in [1.29, 1.82) is 0 Å². The molecule has 1 aromatic rings. The van der Waals surface area contributed by atoms with Gasteiger partial charge in [0.2, 0.25) is 0 Å². The Hall–Kier alpha value is -1.07. The topological polar surface area (TPSA) is 42.9 Å². The Kier molecular flexibility index (Phi) is 4.39. The minimum Gasteiger partial charge on any atom is -0.490 e. The second-order valence-corrected chi connectivity index (χ2v) is 4.55.